The number of nitrogens with zero attached hydrogens (tertiary/aromatic N) is 1. The van der Waals surface area contributed by atoms with Crippen molar-refractivity contribution >= 4 is 5.91 Å². The molecule has 20 heavy (non-hydrogen) atoms. The van der Waals surface area contributed by atoms with E-state index in [1.807, 2.05) is 0 Å². The van der Waals surface area contributed by atoms with Crippen molar-refractivity contribution in [3.05, 3.63) is 29.8 Å². The van der Waals surface area contributed by atoms with E-state index in [1.54, 1.807) is 36.3 Å². The molecule has 110 valence electrons. The van der Waals surface area contributed by atoms with Gasteiger partial charge >= 0.3 is 0 Å². The van der Waals surface area contributed by atoms with Crippen LogP contribution >= 0.6 is 0 Å². The fraction of sp³-hybridized carbons (Fsp3) is 0.500. The van der Waals surface area contributed by atoms with Crippen LogP contribution in [-0.2, 0) is 9.53 Å². The number of carbonyl (C=O) groups excluding carboxylic acids is 1. The Balaban J connectivity index is 2.02. The number of carbonyl (C=O) groups is 1. The van der Waals surface area contributed by atoms with Crippen LogP contribution in [0.25, 0.3) is 0 Å². The quantitative estimate of drug-likeness (QED) is 0.805. The zero-order valence-electron chi connectivity index (χ0n) is 11.5. The molecule has 1 fully saturated rings. The van der Waals surface area contributed by atoms with Gasteiger partial charge in [-0.1, -0.05) is 12.1 Å². The van der Waals surface area contributed by atoms with Crippen molar-refractivity contribution in [1.82, 2.24) is 4.90 Å². The zero-order chi connectivity index (χ0) is 14.5. The first-order valence-electron chi connectivity index (χ1n) is 6.57. The minimum absolute atomic E-state index is 0.350. The highest BCUT2D eigenvalue weighted by Gasteiger charge is 2.29. The molecule has 1 aromatic carbocycles. The van der Waals surface area contributed by atoms with Crippen LogP contribution in [-0.4, -0.2) is 55.4 Å². The monoisotopic (exact) mass is 280 g/mol. The summed E-state index contributed by atoms with van der Waals surface area (Å²) in [4.78, 5) is 13.7. The van der Waals surface area contributed by atoms with Gasteiger partial charge in [-0.05, 0) is 17.7 Å². The van der Waals surface area contributed by atoms with E-state index in [9.17, 15) is 9.90 Å². The van der Waals surface area contributed by atoms with E-state index in [-0.39, 0.29) is 5.91 Å². The van der Waals surface area contributed by atoms with Gasteiger partial charge in [-0.15, -0.1) is 0 Å². The second kappa shape index (κ2) is 6.69. The molecule has 1 aliphatic rings. The minimum atomic E-state index is -1.25. The van der Waals surface area contributed by atoms with Crippen LogP contribution in [0.15, 0.2) is 24.3 Å². The molecule has 0 aromatic heterocycles. The van der Waals surface area contributed by atoms with E-state index in [2.05, 4.69) is 0 Å². The molecule has 6 heteroatoms. The van der Waals surface area contributed by atoms with E-state index < -0.39 is 12.1 Å². The molecule has 1 saturated heterocycles. The number of methoxy groups -OCH3 is 1. The molecular weight excluding hydrogens is 260 g/mol. The van der Waals surface area contributed by atoms with Crippen LogP contribution in [0.1, 0.15) is 11.6 Å². The SMILES string of the molecule is COc1ccc(C(N)C(O)C(=O)N2CCOCC2)cc1. The summed E-state index contributed by atoms with van der Waals surface area (Å²) in [6, 6.07) is 6.25. The summed E-state index contributed by atoms with van der Waals surface area (Å²) < 4.78 is 10.2. The molecule has 1 amide bonds. The highest BCUT2D eigenvalue weighted by atomic mass is 16.5. The summed E-state index contributed by atoms with van der Waals surface area (Å²) in [5.41, 5.74) is 6.66. The molecule has 1 heterocycles. The Hall–Kier alpha value is -1.63. The number of aliphatic hydroxyl groups is 1. The molecule has 2 rings (SSSR count). The van der Waals surface area contributed by atoms with Gasteiger partial charge in [0.15, 0.2) is 6.10 Å². The van der Waals surface area contributed by atoms with E-state index in [1.165, 1.54) is 0 Å². The normalized spacial score (nSPS) is 18.4. The fourth-order valence-corrected chi connectivity index (χ4v) is 2.13. The number of amides is 1. The Morgan fingerprint density at radius 1 is 1.35 bits per heavy atom. The van der Waals surface area contributed by atoms with Gasteiger partial charge in [0.2, 0.25) is 0 Å². The van der Waals surface area contributed by atoms with E-state index in [4.69, 9.17) is 15.2 Å². The largest absolute Gasteiger partial charge is 0.497 e. The highest BCUT2D eigenvalue weighted by molar-refractivity contribution is 5.81. The Morgan fingerprint density at radius 3 is 2.50 bits per heavy atom. The van der Waals surface area contributed by atoms with Crippen molar-refractivity contribution in [3.8, 4) is 5.75 Å². The van der Waals surface area contributed by atoms with E-state index in [0.29, 0.717) is 37.6 Å². The maximum Gasteiger partial charge on any atom is 0.253 e. The van der Waals surface area contributed by atoms with Crippen molar-refractivity contribution in [2.24, 2.45) is 5.73 Å². The predicted molar refractivity (Wildman–Crippen MR) is 73.3 cm³/mol. The molecule has 0 saturated carbocycles. The second-order valence-electron chi connectivity index (χ2n) is 4.68. The number of ether oxygens (including phenoxy) is 2. The molecule has 0 radical (unpaired) electrons. The molecule has 1 aromatic rings. The van der Waals surface area contributed by atoms with Crippen LogP contribution < -0.4 is 10.5 Å². The lowest BCUT2D eigenvalue weighted by Crippen LogP contribution is -2.48. The zero-order valence-corrected chi connectivity index (χ0v) is 11.5. The summed E-state index contributed by atoms with van der Waals surface area (Å²) in [6.07, 6.45) is -1.25. The van der Waals surface area contributed by atoms with Gasteiger partial charge in [-0.3, -0.25) is 4.79 Å². The fourth-order valence-electron chi connectivity index (χ4n) is 2.13. The Kier molecular flexibility index (Phi) is 4.94. The molecule has 6 nitrogen and oxygen atoms in total. The van der Waals surface area contributed by atoms with Gasteiger partial charge in [0.25, 0.3) is 5.91 Å². The Morgan fingerprint density at radius 2 is 1.95 bits per heavy atom. The van der Waals surface area contributed by atoms with Crippen LogP contribution in [0.2, 0.25) is 0 Å². The third-order valence-corrected chi connectivity index (χ3v) is 3.42. The van der Waals surface area contributed by atoms with Crippen molar-refractivity contribution in [2.45, 2.75) is 12.1 Å². The summed E-state index contributed by atoms with van der Waals surface area (Å²) >= 11 is 0. The standard InChI is InChI=1S/C14H20N2O4/c1-19-11-4-2-10(3-5-11)12(15)13(17)14(18)16-6-8-20-9-7-16/h2-5,12-13,17H,6-9,15H2,1H3. The van der Waals surface area contributed by atoms with Gasteiger partial charge in [-0.2, -0.15) is 0 Å². The lowest BCUT2D eigenvalue weighted by atomic mass is 10.0. The number of aliphatic hydroxyl groups excluding tert-OH is 1. The molecule has 2 unspecified atom stereocenters. The molecular formula is C14H20N2O4. The highest BCUT2D eigenvalue weighted by Crippen LogP contribution is 2.19. The second-order valence-corrected chi connectivity index (χ2v) is 4.68. The van der Waals surface area contributed by atoms with Crippen LogP contribution in [0.3, 0.4) is 0 Å². The molecule has 0 spiro atoms. The number of hydrogen-bond donors (Lipinski definition) is 2. The first-order chi connectivity index (χ1) is 9.63. The number of nitrogens with two attached hydrogens (primary N) is 1. The van der Waals surface area contributed by atoms with E-state index >= 15 is 0 Å². The molecule has 0 bridgehead atoms. The average Bonchev–Trinajstić information content (AvgIpc) is 2.53. The first kappa shape index (κ1) is 14.8. The van der Waals surface area contributed by atoms with Gasteiger partial charge in [0.1, 0.15) is 5.75 Å². The number of benzene rings is 1. The molecule has 2 atom stereocenters. The third-order valence-electron chi connectivity index (χ3n) is 3.42. The molecule has 1 aliphatic heterocycles. The number of morpholine rings is 1. The Labute approximate surface area is 118 Å². The van der Waals surface area contributed by atoms with E-state index in [0.717, 1.165) is 0 Å². The summed E-state index contributed by atoms with van der Waals surface area (Å²) in [7, 11) is 1.58. The first-order valence-corrected chi connectivity index (χ1v) is 6.57. The summed E-state index contributed by atoms with van der Waals surface area (Å²) in [5.74, 6) is 0.353. The van der Waals surface area contributed by atoms with Gasteiger partial charge in [0, 0.05) is 13.1 Å². The van der Waals surface area contributed by atoms with Crippen molar-refractivity contribution < 1.29 is 19.4 Å². The van der Waals surface area contributed by atoms with Crippen molar-refractivity contribution in [2.75, 3.05) is 33.4 Å². The Bertz CT molecular complexity index is 443. The van der Waals surface area contributed by atoms with Crippen molar-refractivity contribution in [1.29, 1.82) is 0 Å². The predicted octanol–water partition coefficient (Wildman–Crippen LogP) is -0.0853. The minimum Gasteiger partial charge on any atom is -0.497 e. The van der Waals surface area contributed by atoms with Crippen LogP contribution in [0, 0.1) is 0 Å². The lowest BCUT2D eigenvalue weighted by Gasteiger charge is -2.30. The van der Waals surface area contributed by atoms with Crippen LogP contribution in [0.4, 0.5) is 0 Å². The maximum atomic E-state index is 12.2. The van der Waals surface area contributed by atoms with Gasteiger partial charge in [-0.25, -0.2) is 0 Å². The summed E-state index contributed by atoms with van der Waals surface area (Å²) in [6.45, 7) is 1.98. The number of rotatable bonds is 4. The summed E-state index contributed by atoms with van der Waals surface area (Å²) in [5, 5.41) is 10.1. The topological polar surface area (TPSA) is 85.0 Å². The van der Waals surface area contributed by atoms with Gasteiger partial charge in [0.05, 0.1) is 26.4 Å². The average molecular weight is 280 g/mol. The maximum absolute atomic E-state index is 12.2. The lowest BCUT2D eigenvalue weighted by molar-refractivity contribution is -0.145. The van der Waals surface area contributed by atoms with Crippen LogP contribution in [0.5, 0.6) is 5.75 Å². The third kappa shape index (κ3) is 3.27. The molecule has 0 aliphatic carbocycles. The number of hydrogen-bond acceptors (Lipinski definition) is 5. The van der Waals surface area contributed by atoms with Gasteiger partial charge < -0.3 is 25.2 Å². The van der Waals surface area contributed by atoms with Crippen molar-refractivity contribution in [3.63, 3.8) is 0 Å². The smallest absolute Gasteiger partial charge is 0.253 e. The molecule has 3 N–H and O–H groups in total.